The van der Waals surface area contributed by atoms with E-state index in [-0.39, 0.29) is 11.8 Å². The Labute approximate surface area is 199 Å². The fourth-order valence-electron chi connectivity index (χ4n) is 3.94. The zero-order chi connectivity index (χ0) is 24.1. The van der Waals surface area contributed by atoms with Crippen molar-refractivity contribution in [1.29, 1.82) is 0 Å². The second kappa shape index (κ2) is 10.2. The zero-order valence-electron chi connectivity index (χ0n) is 19.7. The van der Waals surface area contributed by atoms with Gasteiger partial charge in [0.2, 0.25) is 0 Å². The molecule has 174 valence electrons. The smallest absolute Gasteiger partial charge is 0.256 e. The van der Waals surface area contributed by atoms with Crippen LogP contribution in [0.25, 0.3) is 0 Å². The van der Waals surface area contributed by atoms with Crippen molar-refractivity contribution in [2.45, 2.75) is 19.3 Å². The van der Waals surface area contributed by atoms with E-state index in [0.29, 0.717) is 40.8 Å². The molecule has 7 heteroatoms. The van der Waals surface area contributed by atoms with Gasteiger partial charge in [-0.3, -0.25) is 9.79 Å². The standard InChI is InChI=1S/C27H27N3O4/c1-5-20-25(17-13-14-23(33-3)24(16-17)34-4)26(29-22-12-7-6-11-21(22)28-20)30-27(31)18-9-8-10-19(15-18)32-2/h6-16,25H,5H2,1-4H3,(H,29,30,31)/t25-/m1/s1. The van der Waals surface area contributed by atoms with Crippen LogP contribution < -0.4 is 19.5 Å². The van der Waals surface area contributed by atoms with Gasteiger partial charge in [0.15, 0.2) is 11.5 Å². The number of aliphatic imine (C=N–C) groups is 2. The minimum atomic E-state index is -0.383. The molecule has 4 rings (SSSR count). The van der Waals surface area contributed by atoms with E-state index in [1.54, 1.807) is 45.6 Å². The maximum absolute atomic E-state index is 13.3. The van der Waals surface area contributed by atoms with E-state index in [2.05, 4.69) is 5.32 Å². The van der Waals surface area contributed by atoms with E-state index in [0.717, 1.165) is 17.0 Å². The number of nitrogens with zero attached hydrogens (tertiary/aromatic N) is 2. The Balaban J connectivity index is 1.83. The third-order valence-electron chi connectivity index (χ3n) is 5.67. The lowest BCUT2D eigenvalue weighted by Crippen LogP contribution is -2.37. The SMILES string of the molecule is CCC1=Nc2ccccc2N=C(NC(=O)c2cccc(OC)c2)[C@@H]1c1ccc(OC)c(OC)c1. The highest BCUT2D eigenvalue weighted by atomic mass is 16.5. The van der Waals surface area contributed by atoms with Crippen LogP contribution in [0.5, 0.6) is 17.2 Å². The van der Waals surface area contributed by atoms with Gasteiger partial charge < -0.3 is 19.5 Å². The van der Waals surface area contributed by atoms with Gasteiger partial charge in [-0.2, -0.15) is 0 Å². The number of methoxy groups -OCH3 is 3. The van der Waals surface area contributed by atoms with Crippen molar-refractivity contribution in [1.82, 2.24) is 5.32 Å². The Hall–Kier alpha value is -4.13. The molecule has 0 aromatic heterocycles. The number of carbonyl (C=O) groups is 1. The molecule has 0 spiro atoms. The van der Waals surface area contributed by atoms with Crippen LogP contribution in [0, 0.1) is 0 Å². The van der Waals surface area contributed by atoms with Crippen LogP contribution in [0.3, 0.4) is 0 Å². The van der Waals surface area contributed by atoms with Crippen molar-refractivity contribution in [3.63, 3.8) is 0 Å². The van der Waals surface area contributed by atoms with Crippen molar-refractivity contribution in [3.05, 3.63) is 77.9 Å². The molecule has 1 heterocycles. The fourth-order valence-corrected chi connectivity index (χ4v) is 3.94. The summed E-state index contributed by atoms with van der Waals surface area (Å²) in [5.74, 6) is 1.65. The van der Waals surface area contributed by atoms with Crippen LogP contribution in [0.4, 0.5) is 11.4 Å². The lowest BCUT2D eigenvalue weighted by atomic mass is 9.90. The molecule has 0 fully saturated rings. The predicted octanol–water partition coefficient (Wildman–Crippen LogP) is 5.45. The van der Waals surface area contributed by atoms with E-state index in [1.807, 2.05) is 49.4 Å². The number of ether oxygens (including phenoxy) is 3. The average molecular weight is 458 g/mol. The first-order valence-electron chi connectivity index (χ1n) is 11.0. The molecule has 34 heavy (non-hydrogen) atoms. The molecule has 0 aliphatic carbocycles. The summed E-state index contributed by atoms with van der Waals surface area (Å²) >= 11 is 0. The molecule has 1 N–H and O–H groups in total. The van der Waals surface area contributed by atoms with Gasteiger partial charge in [0.25, 0.3) is 5.91 Å². The first kappa shape index (κ1) is 23.0. The summed E-state index contributed by atoms with van der Waals surface area (Å²) in [6, 6.07) is 20.3. The molecule has 0 bridgehead atoms. The number of carbonyl (C=O) groups excluding carboxylic acids is 1. The fraction of sp³-hybridized carbons (Fsp3) is 0.222. The number of para-hydroxylation sites is 2. The first-order chi connectivity index (χ1) is 16.6. The Kier molecular flexibility index (Phi) is 6.92. The molecule has 1 atom stereocenters. The number of hydrogen-bond donors (Lipinski definition) is 1. The van der Waals surface area contributed by atoms with Crippen LogP contribution in [0.2, 0.25) is 0 Å². The number of benzene rings is 3. The van der Waals surface area contributed by atoms with Crippen LogP contribution in [-0.2, 0) is 0 Å². The summed E-state index contributed by atoms with van der Waals surface area (Å²) in [5.41, 5.74) is 3.69. The zero-order valence-corrected chi connectivity index (χ0v) is 19.7. The Morgan fingerprint density at radius 1 is 0.853 bits per heavy atom. The van der Waals surface area contributed by atoms with E-state index >= 15 is 0 Å². The van der Waals surface area contributed by atoms with Gasteiger partial charge in [-0.15, -0.1) is 0 Å². The molecule has 0 radical (unpaired) electrons. The largest absolute Gasteiger partial charge is 0.497 e. The molecule has 0 saturated heterocycles. The number of amides is 1. The summed E-state index contributed by atoms with van der Waals surface area (Å²) in [6.07, 6.45) is 0.668. The van der Waals surface area contributed by atoms with Crippen LogP contribution in [0.15, 0.2) is 76.7 Å². The lowest BCUT2D eigenvalue weighted by molar-refractivity contribution is 0.0976. The quantitative estimate of drug-likeness (QED) is 0.533. The number of hydrogen-bond acceptors (Lipinski definition) is 6. The highest BCUT2D eigenvalue weighted by Crippen LogP contribution is 2.37. The normalized spacial score (nSPS) is 14.8. The Bertz CT molecular complexity index is 1270. The number of nitrogens with one attached hydrogen (secondary N) is 1. The lowest BCUT2D eigenvalue weighted by Gasteiger charge is -2.22. The molecular formula is C27H27N3O4. The third-order valence-corrected chi connectivity index (χ3v) is 5.67. The molecule has 0 unspecified atom stereocenters. The van der Waals surface area contributed by atoms with Crippen LogP contribution in [-0.4, -0.2) is 38.8 Å². The molecule has 3 aromatic rings. The summed E-state index contributed by atoms with van der Waals surface area (Å²) in [5, 5.41) is 3.05. The van der Waals surface area contributed by atoms with Gasteiger partial charge in [0, 0.05) is 11.3 Å². The highest BCUT2D eigenvalue weighted by molar-refractivity contribution is 6.19. The molecule has 3 aromatic carbocycles. The number of fused-ring (bicyclic) bond motifs is 1. The van der Waals surface area contributed by atoms with Gasteiger partial charge in [0.05, 0.1) is 38.6 Å². The average Bonchev–Trinajstić information content (AvgIpc) is 3.04. The topological polar surface area (TPSA) is 81.5 Å². The second-order valence-corrected chi connectivity index (χ2v) is 7.68. The first-order valence-corrected chi connectivity index (χ1v) is 11.0. The van der Waals surface area contributed by atoms with Crippen molar-refractivity contribution in [3.8, 4) is 17.2 Å². The van der Waals surface area contributed by atoms with Crippen molar-refractivity contribution < 1.29 is 19.0 Å². The van der Waals surface area contributed by atoms with Gasteiger partial charge in [-0.05, 0) is 54.4 Å². The maximum atomic E-state index is 13.3. The van der Waals surface area contributed by atoms with E-state index in [4.69, 9.17) is 24.2 Å². The van der Waals surface area contributed by atoms with Crippen molar-refractivity contribution in [2.75, 3.05) is 21.3 Å². The van der Waals surface area contributed by atoms with Gasteiger partial charge in [-0.1, -0.05) is 31.2 Å². The van der Waals surface area contributed by atoms with E-state index < -0.39 is 0 Å². The molecule has 7 nitrogen and oxygen atoms in total. The van der Waals surface area contributed by atoms with Crippen molar-refractivity contribution in [2.24, 2.45) is 9.98 Å². The summed E-state index contributed by atoms with van der Waals surface area (Å²) in [6.45, 7) is 2.04. The minimum absolute atomic E-state index is 0.280. The predicted molar refractivity (Wildman–Crippen MR) is 134 cm³/mol. The monoisotopic (exact) mass is 457 g/mol. The number of amidine groups is 1. The maximum Gasteiger partial charge on any atom is 0.256 e. The molecule has 1 amide bonds. The van der Waals surface area contributed by atoms with Gasteiger partial charge >= 0.3 is 0 Å². The molecular weight excluding hydrogens is 430 g/mol. The van der Waals surface area contributed by atoms with Crippen LogP contribution >= 0.6 is 0 Å². The number of rotatable bonds is 6. The van der Waals surface area contributed by atoms with E-state index in [1.165, 1.54) is 0 Å². The summed E-state index contributed by atoms with van der Waals surface area (Å²) < 4.78 is 16.2. The Morgan fingerprint density at radius 2 is 1.59 bits per heavy atom. The van der Waals surface area contributed by atoms with E-state index in [9.17, 15) is 4.79 Å². The van der Waals surface area contributed by atoms with Crippen LogP contribution in [0.1, 0.15) is 35.2 Å². The summed E-state index contributed by atoms with van der Waals surface area (Å²) in [4.78, 5) is 23.1. The molecule has 1 aliphatic rings. The molecule has 1 aliphatic heterocycles. The Morgan fingerprint density at radius 3 is 2.26 bits per heavy atom. The molecule has 0 saturated carbocycles. The summed E-state index contributed by atoms with van der Waals surface area (Å²) in [7, 11) is 4.76. The minimum Gasteiger partial charge on any atom is -0.497 e. The second-order valence-electron chi connectivity index (χ2n) is 7.68. The van der Waals surface area contributed by atoms with Gasteiger partial charge in [0.1, 0.15) is 11.6 Å². The third kappa shape index (κ3) is 4.64. The van der Waals surface area contributed by atoms with Crippen molar-refractivity contribution >= 4 is 28.8 Å². The highest BCUT2D eigenvalue weighted by Gasteiger charge is 2.29. The van der Waals surface area contributed by atoms with Gasteiger partial charge in [-0.25, -0.2) is 4.99 Å².